The molecular weight excluding hydrogens is 538 g/mol. The van der Waals surface area contributed by atoms with Crippen molar-refractivity contribution in [3.05, 3.63) is 71.8 Å². The van der Waals surface area contributed by atoms with Crippen LogP contribution in [0.3, 0.4) is 0 Å². The minimum absolute atomic E-state index is 0.00481. The fraction of sp³-hybridized carbons (Fsp3) is 0.433. The van der Waals surface area contributed by atoms with Crippen molar-refractivity contribution in [3.8, 4) is 0 Å². The van der Waals surface area contributed by atoms with Crippen LogP contribution in [0, 0.1) is 11.3 Å². The standard InChI is InChI=1S/C30H39N7O5/c31-29(32)36-15-7-8-20(18-36)17-33-25(38)16-24(28(41)37(19-26(39)40)23-13-14-23)34-30(42)35-27(21-9-3-1-4-10-21)22-11-5-2-6-12-22/h1-6,9-12,20,23-24,27H,7-8,13-19H2,(H3,31,32)(H,33,38)(H,39,40)(H2,34,35,42)/t20-,24-/m0/s1. The lowest BCUT2D eigenvalue weighted by Crippen LogP contribution is -2.55. The third kappa shape index (κ3) is 8.69. The zero-order chi connectivity index (χ0) is 30.1. The Bertz CT molecular complexity index is 1220. The minimum Gasteiger partial charge on any atom is -0.480 e. The molecule has 0 spiro atoms. The molecule has 2 aromatic rings. The number of likely N-dealkylation sites (tertiary alicyclic amines) is 1. The molecule has 224 valence electrons. The normalized spacial score (nSPS) is 17.2. The molecule has 0 bridgehead atoms. The number of nitrogens with zero attached hydrogens (tertiary/aromatic N) is 2. The van der Waals surface area contributed by atoms with Gasteiger partial charge < -0.3 is 36.6 Å². The zero-order valence-corrected chi connectivity index (χ0v) is 23.5. The summed E-state index contributed by atoms with van der Waals surface area (Å²) in [5.41, 5.74) is 7.28. The maximum atomic E-state index is 13.6. The van der Waals surface area contributed by atoms with Crippen LogP contribution in [0.5, 0.6) is 0 Å². The molecule has 0 radical (unpaired) electrons. The van der Waals surface area contributed by atoms with Crippen LogP contribution >= 0.6 is 0 Å². The van der Waals surface area contributed by atoms with Gasteiger partial charge in [0.05, 0.1) is 12.5 Å². The number of guanidine groups is 1. The molecule has 2 aromatic carbocycles. The van der Waals surface area contributed by atoms with E-state index in [-0.39, 0.29) is 24.3 Å². The molecule has 2 fully saturated rings. The van der Waals surface area contributed by atoms with E-state index in [0.29, 0.717) is 32.5 Å². The molecule has 1 aliphatic heterocycles. The van der Waals surface area contributed by atoms with Crippen LogP contribution in [0.1, 0.15) is 49.3 Å². The van der Waals surface area contributed by atoms with Gasteiger partial charge in [-0.3, -0.25) is 19.8 Å². The Morgan fingerprint density at radius 3 is 2.14 bits per heavy atom. The number of carbonyl (C=O) groups excluding carboxylic acids is 3. The number of benzene rings is 2. The van der Waals surface area contributed by atoms with E-state index in [0.717, 1.165) is 24.0 Å². The van der Waals surface area contributed by atoms with Crippen LogP contribution in [0.4, 0.5) is 4.79 Å². The van der Waals surface area contributed by atoms with E-state index in [9.17, 15) is 24.3 Å². The average Bonchev–Trinajstić information content (AvgIpc) is 3.83. The molecule has 0 unspecified atom stereocenters. The second-order valence-electron chi connectivity index (χ2n) is 10.9. The molecule has 12 nitrogen and oxygen atoms in total. The number of aliphatic carboxylic acids is 1. The number of carboxylic acids is 1. The Kier molecular flexibility index (Phi) is 10.4. The number of amides is 4. The molecule has 1 saturated heterocycles. The monoisotopic (exact) mass is 577 g/mol. The second kappa shape index (κ2) is 14.3. The van der Waals surface area contributed by atoms with Crippen molar-refractivity contribution < 1.29 is 24.3 Å². The number of nitrogens with one attached hydrogen (secondary N) is 4. The summed E-state index contributed by atoms with van der Waals surface area (Å²) in [7, 11) is 0. The van der Waals surface area contributed by atoms with Gasteiger partial charge in [-0.1, -0.05) is 60.7 Å². The van der Waals surface area contributed by atoms with Crippen molar-refractivity contribution in [3.63, 3.8) is 0 Å². The highest BCUT2D eigenvalue weighted by Crippen LogP contribution is 2.28. The maximum Gasteiger partial charge on any atom is 0.323 e. The summed E-state index contributed by atoms with van der Waals surface area (Å²) in [5, 5.41) is 25.5. The Balaban J connectivity index is 1.46. The van der Waals surface area contributed by atoms with Crippen molar-refractivity contribution in [2.24, 2.45) is 11.7 Å². The van der Waals surface area contributed by atoms with E-state index < -0.39 is 42.4 Å². The van der Waals surface area contributed by atoms with Gasteiger partial charge >= 0.3 is 12.0 Å². The molecular formula is C30H39N7O5. The van der Waals surface area contributed by atoms with Crippen LogP contribution in [-0.2, 0) is 14.4 Å². The summed E-state index contributed by atoms with van der Waals surface area (Å²) in [6, 6.07) is 16.1. The van der Waals surface area contributed by atoms with Gasteiger partial charge in [-0.25, -0.2) is 4.79 Å². The minimum atomic E-state index is -1.27. The highest BCUT2D eigenvalue weighted by atomic mass is 16.4. The van der Waals surface area contributed by atoms with Gasteiger partial charge in [-0.05, 0) is 42.7 Å². The van der Waals surface area contributed by atoms with E-state index in [1.54, 1.807) is 4.90 Å². The number of urea groups is 1. The van der Waals surface area contributed by atoms with Gasteiger partial charge in [-0.2, -0.15) is 0 Å². The molecule has 1 heterocycles. The molecule has 2 aliphatic rings. The van der Waals surface area contributed by atoms with Gasteiger partial charge in [0, 0.05) is 25.7 Å². The van der Waals surface area contributed by atoms with E-state index in [4.69, 9.17) is 11.1 Å². The molecule has 0 aromatic heterocycles. The third-order valence-electron chi connectivity index (χ3n) is 7.56. The summed E-state index contributed by atoms with van der Waals surface area (Å²) < 4.78 is 0. The average molecular weight is 578 g/mol. The van der Waals surface area contributed by atoms with E-state index in [1.165, 1.54) is 4.90 Å². The van der Waals surface area contributed by atoms with Crippen LogP contribution in [-0.4, -0.2) is 82.9 Å². The molecule has 1 aliphatic carbocycles. The Labute approximate surface area is 245 Å². The van der Waals surface area contributed by atoms with Crippen LogP contribution < -0.4 is 21.7 Å². The summed E-state index contributed by atoms with van der Waals surface area (Å²) in [4.78, 5) is 54.5. The molecule has 4 rings (SSSR count). The number of hydrogen-bond acceptors (Lipinski definition) is 5. The van der Waals surface area contributed by atoms with Gasteiger partial charge in [0.1, 0.15) is 12.6 Å². The predicted octanol–water partition coefficient (Wildman–Crippen LogP) is 1.63. The van der Waals surface area contributed by atoms with Gasteiger partial charge in [0.2, 0.25) is 11.8 Å². The molecule has 42 heavy (non-hydrogen) atoms. The number of carbonyl (C=O) groups is 4. The number of carboxylic acid groups (broad SMARTS) is 1. The van der Waals surface area contributed by atoms with Gasteiger partial charge in [0.25, 0.3) is 0 Å². The molecule has 2 atom stereocenters. The Hall–Kier alpha value is -4.61. The smallest absolute Gasteiger partial charge is 0.323 e. The summed E-state index contributed by atoms with van der Waals surface area (Å²) in [6.45, 7) is 1.07. The van der Waals surface area contributed by atoms with Gasteiger partial charge in [-0.15, -0.1) is 0 Å². The molecule has 12 heteroatoms. The van der Waals surface area contributed by atoms with E-state index in [2.05, 4.69) is 16.0 Å². The zero-order valence-electron chi connectivity index (χ0n) is 23.5. The Morgan fingerprint density at radius 1 is 0.976 bits per heavy atom. The maximum absolute atomic E-state index is 13.6. The van der Waals surface area contributed by atoms with Crippen molar-refractivity contribution in [1.29, 1.82) is 5.41 Å². The lowest BCUT2D eigenvalue weighted by atomic mass is 9.98. The quantitative estimate of drug-likeness (QED) is 0.164. The lowest BCUT2D eigenvalue weighted by molar-refractivity contribution is -0.146. The first-order valence-corrected chi connectivity index (χ1v) is 14.3. The lowest BCUT2D eigenvalue weighted by Gasteiger charge is -2.33. The molecule has 7 N–H and O–H groups in total. The van der Waals surface area contributed by atoms with Crippen molar-refractivity contribution in [2.45, 2.75) is 50.2 Å². The van der Waals surface area contributed by atoms with Crippen molar-refractivity contribution in [2.75, 3.05) is 26.2 Å². The molecule has 4 amide bonds. The third-order valence-corrected chi connectivity index (χ3v) is 7.56. The van der Waals surface area contributed by atoms with Crippen LogP contribution in [0.2, 0.25) is 0 Å². The molecule has 1 saturated carbocycles. The largest absolute Gasteiger partial charge is 0.480 e. The second-order valence-corrected chi connectivity index (χ2v) is 10.9. The number of nitrogens with two attached hydrogens (primary N) is 1. The Morgan fingerprint density at radius 2 is 1.60 bits per heavy atom. The summed E-state index contributed by atoms with van der Waals surface area (Å²) in [5.74, 6) is -2.13. The first kappa shape index (κ1) is 30.4. The van der Waals surface area contributed by atoms with E-state index in [1.807, 2.05) is 60.7 Å². The SMILES string of the molecule is N=C(N)N1CCC[C@@H](CNC(=O)C[C@H](NC(=O)NC(c2ccccc2)c2ccccc2)C(=O)N(CC(=O)O)C2CC2)C1. The topological polar surface area (TPSA) is 181 Å². The predicted molar refractivity (Wildman–Crippen MR) is 156 cm³/mol. The number of hydrogen-bond donors (Lipinski definition) is 6. The van der Waals surface area contributed by atoms with Crippen molar-refractivity contribution >= 4 is 29.8 Å². The van der Waals surface area contributed by atoms with E-state index >= 15 is 0 Å². The number of piperidine rings is 1. The van der Waals surface area contributed by atoms with Crippen molar-refractivity contribution in [1.82, 2.24) is 25.8 Å². The van der Waals surface area contributed by atoms with Gasteiger partial charge in [0.15, 0.2) is 5.96 Å². The highest BCUT2D eigenvalue weighted by molar-refractivity contribution is 5.93. The first-order chi connectivity index (χ1) is 20.2. The number of rotatable bonds is 12. The van der Waals surface area contributed by atoms with Crippen LogP contribution in [0.15, 0.2) is 60.7 Å². The summed E-state index contributed by atoms with van der Waals surface area (Å²) >= 11 is 0. The summed E-state index contributed by atoms with van der Waals surface area (Å²) in [6.07, 6.45) is 2.70. The fourth-order valence-electron chi connectivity index (χ4n) is 5.27. The first-order valence-electron chi connectivity index (χ1n) is 14.3. The van der Waals surface area contributed by atoms with Crippen LogP contribution in [0.25, 0.3) is 0 Å². The highest BCUT2D eigenvalue weighted by Gasteiger charge is 2.38. The fourth-order valence-corrected chi connectivity index (χ4v) is 5.27.